The van der Waals surface area contributed by atoms with Crippen LogP contribution in [0, 0.1) is 11.7 Å². The van der Waals surface area contributed by atoms with E-state index in [1.165, 1.54) is 18.2 Å². The number of rotatable bonds is 6. The Morgan fingerprint density at radius 3 is 2.74 bits per heavy atom. The van der Waals surface area contributed by atoms with Gasteiger partial charge in [-0.25, -0.2) is 9.37 Å². The second-order valence-electron chi connectivity index (χ2n) is 8.02. The minimum atomic E-state index is -0.827. The summed E-state index contributed by atoms with van der Waals surface area (Å²) in [6.45, 7) is 4.37. The van der Waals surface area contributed by atoms with Crippen molar-refractivity contribution in [3.63, 3.8) is 0 Å². The quantitative estimate of drug-likeness (QED) is 0.558. The number of nitrogens with zero attached hydrogens (tertiary/aromatic N) is 1. The molecule has 2 heterocycles. The lowest BCUT2D eigenvalue weighted by Crippen LogP contribution is -2.47. The van der Waals surface area contributed by atoms with Crippen LogP contribution in [0.3, 0.4) is 0 Å². The Labute approximate surface area is 179 Å². The van der Waals surface area contributed by atoms with Crippen molar-refractivity contribution in [3.05, 3.63) is 59.7 Å². The number of aromatic nitrogens is 2. The van der Waals surface area contributed by atoms with Crippen LogP contribution < -0.4 is 10.6 Å². The Balaban J connectivity index is 1.48. The predicted molar refractivity (Wildman–Crippen MR) is 115 cm³/mol. The first-order chi connectivity index (χ1) is 14.9. The third kappa shape index (κ3) is 4.59. The fraction of sp³-hybridized carbons (Fsp3) is 0.348. The molecule has 2 amide bonds. The number of carbonyl (C=O) groups is 2. The highest BCUT2D eigenvalue weighted by Gasteiger charge is 2.26. The Morgan fingerprint density at radius 2 is 2.03 bits per heavy atom. The van der Waals surface area contributed by atoms with Crippen molar-refractivity contribution in [2.75, 3.05) is 11.9 Å². The molecule has 1 aromatic heterocycles. The topological polar surface area (TPSA) is 96.1 Å². The molecular formula is C23H25FN4O3. The van der Waals surface area contributed by atoms with Crippen LogP contribution in [0.4, 0.5) is 10.1 Å². The number of ether oxygens (including phenoxy) is 1. The highest BCUT2D eigenvalue weighted by Crippen LogP contribution is 2.28. The van der Waals surface area contributed by atoms with Crippen LogP contribution in [0.15, 0.2) is 42.5 Å². The number of fused-ring (bicyclic) bond motifs is 1. The molecule has 1 saturated heterocycles. The van der Waals surface area contributed by atoms with Crippen molar-refractivity contribution in [2.45, 2.75) is 38.8 Å². The molecule has 3 N–H and O–H groups in total. The highest BCUT2D eigenvalue weighted by atomic mass is 19.1. The zero-order valence-electron chi connectivity index (χ0n) is 17.4. The van der Waals surface area contributed by atoms with Crippen LogP contribution in [-0.2, 0) is 9.53 Å². The molecule has 3 aromatic rings. The predicted octanol–water partition coefficient (Wildman–Crippen LogP) is 3.95. The van der Waals surface area contributed by atoms with Crippen molar-refractivity contribution >= 4 is 28.5 Å². The number of hydrogen-bond acceptors (Lipinski definition) is 4. The van der Waals surface area contributed by atoms with Gasteiger partial charge in [0.2, 0.25) is 5.91 Å². The van der Waals surface area contributed by atoms with E-state index in [9.17, 15) is 14.0 Å². The van der Waals surface area contributed by atoms with Gasteiger partial charge in [0.05, 0.1) is 16.6 Å². The van der Waals surface area contributed by atoms with E-state index >= 15 is 0 Å². The maximum Gasteiger partial charge on any atom is 0.254 e. The van der Waals surface area contributed by atoms with Gasteiger partial charge in [-0.2, -0.15) is 0 Å². The van der Waals surface area contributed by atoms with Crippen LogP contribution in [0.5, 0.6) is 0 Å². The maximum absolute atomic E-state index is 13.9. The van der Waals surface area contributed by atoms with Crippen LogP contribution in [0.1, 0.15) is 49.0 Å². The molecule has 0 radical (unpaired) electrons. The molecule has 8 heteroatoms. The molecule has 31 heavy (non-hydrogen) atoms. The molecule has 0 saturated carbocycles. The SMILES string of the molecule is CC(C)C(NC(=O)c1ccccc1F)C(=O)Nc1ccc2nc(C3CCCO3)[nH]c2c1. The first-order valence-corrected chi connectivity index (χ1v) is 10.4. The molecular weight excluding hydrogens is 399 g/mol. The summed E-state index contributed by atoms with van der Waals surface area (Å²) in [5, 5.41) is 5.48. The molecule has 1 aliphatic rings. The molecule has 1 fully saturated rings. The molecule has 2 atom stereocenters. The molecule has 2 unspecified atom stereocenters. The van der Waals surface area contributed by atoms with Gasteiger partial charge < -0.3 is 20.4 Å². The van der Waals surface area contributed by atoms with Gasteiger partial charge in [0.1, 0.15) is 23.8 Å². The standard InChI is InChI=1S/C23H25FN4O3/c1-13(2)20(28-22(29)15-6-3-4-7-16(15)24)23(30)25-14-9-10-17-18(12-14)27-21(26-17)19-8-5-11-31-19/h3-4,6-7,9-10,12-13,19-20H,5,8,11H2,1-2H3,(H,25,30)(H,26,27)(H,28,29). The number of H-pyrrole nitrogens is 1. The Hall–Kier alpha value is -3.26. The van der Waals surface area contributed by atoms with Crippen molar-refractivity contribution in [2.24, 2.45) is 5.92 Å². The maximum atomic E-state index is 13.9. The zero-order valence-corrected chi connectivity index (χ0v) is 17.4. The summed E-state index contributed by atoms with van der Waals surface area (Å²) in [7, 11) is 0. The Kier molecular flexibility index (Phi) is 5.99. The van der Waals surface area contributed by atoms with Gasteiger partial charge in [0.15, 0.2) is 0 Å². The number of aromatic amines is 1. The Bertz CT molecular complexity index is 1110. The van der Waals surface area contributed by atoms with Crippen molar-refractivity contribution in [3.8, 4) is 0 Å². The minimum Gasteiger partial charge on any atom is -0.370 e. The highest BCUT2D eigenvalue weighted by molar-refractivity contribution is 6.02. The summed E-state index contributed by atoms with van der Waals surface area (Å²) < 4.78 is 19.6. The van der Waals surface area contributed by atoms with Gasteiger partial charge >= 0.3 is 0 Å². The van der Waals surface area contributed by atoms with E-state index in [2.05, 4.69) is 20.6 Å². The summed E-state index contributed by atoms with van der Waals surface area (Å²) in [6.07, 6.45) is 1.92. The van der Waals surface area contributed by atoms with E-state index in [-0.39, 0.29) is 23.5 Å². The molecule has 2 aromatic carbocycles. The smallest absolute Gasteiger partial charge is 0.254 e. The van der Waals surface area contributed by atoms with E-state index in [0.29, 0.717) is 5.69 Å². The fourth-order valence-corrected chi connectivity index (χ4v) is 3.67. The summed E-state index contributed by atoms with van der Waals surface area (Å²) in [5.74, 6) is -1.05. The van der Waals surface area contributed by atoms with Gasteiger partial charge in [-0.1, -0.05) is 26.0 Å². The van der Waals surface area contributed by atoms with Crippen molar-refractivity contribution in [1.82, 2.24) is 15.3 Å². The molecule has 0 bridgehead atoms. The van der Waals surface area contributed by atoms with E-state index < -0.39 is 17.8 Å². The molecule has 7 nitrogen and oxygen atoms in total. The number of nitrogens with one attached hydrogen (secondary N) is 3. The fourth-order valence-electron chi connectivity index (χ4n) is 3.67. The lowest BCUT2D eigenvalue weighted by molar-refractivity contribution is -0.118. The lowest BCUT2D eigenvalue weighted by Gasteiger charge is -2.22. The summed E-state index contributed by atoms with van der Waals surface area (Å²) in [6, 6.07) is 10.2. The van der Waals surface area contributed by atoms with Crippen LogP contribution in [0.25, 0.3) is 11.0 Å². The number of amides is 2. The van der Waals surface area contributed by atoms with Gasteiger partial charge in [-0.3, -0.25) is 9.59 Å². The molecule has 1 aliphatic heterocycles. The number of anilines is 1. The van der Waals surface area contributed by atoms with Gasteiger partial charge in [-0.05, 0) is 49.1 Å². The Morgan fingerprint density at radius 1 is 1.23 bits per heavy atom. The van der Waals surface area contributed by atoms with Gasteiger partial charge in [-0.15, -0.1) is 0 Å². The summed E-state index contributed by atoms with van der Waals surface area (Å²) in [4.78, 5) is 33.2. The zero-order chi connectivity index (χ0) is 22.0. The average molecular weight is 424 g/mol. The third-order valence-electron chi connectivity index (χ3n) is 5.36. The first kappa shape index (κ1) is 21.0. The number of hydrogen-bond donors (Lipinski definition) is 3. The van der Waals surface area contributed by atoms with Crippen LogP contribution >= 0.6 is 0 Å². The lowest BCUT2D eigenvalue weighted by atomic mass is 10.0. The second-order valence-corrected chi connectivity index (χ2v) is 8.02. The largest absolute Gasteiger partial charge is 0.370 e. The van der Waals surface area contributed by atoms with Gasteiger partial charge in [0, 0.05) is 12.3 Å². The van der Waals surface area contributed by atoms with E-state index in [1.54, 1.807) is 18.2 Å². The average Bonchev–Trinajstić information content (AvgIpc) is 3.41. The number of imidazole rings is 1. The first-order valence-electron chi connectivity index (χ1n) is 10.4. The number of halogens is 1. The molecule has 0 spiro atoms. The van der Waals surface area contributed by atoms with E-state index in [4.69, 9.17) is 4.74 Å². The monoisotopic (exact) mass is 424 g/mol. The minimum absolute atomic E-state index is 0.0237. The molecule has 0 aliphatic carbocycles. The second kappa shape index (κ2) is 8.85. The number of carbonyl (C=O) groups excluding carboxylic acids is 2. The molecule has 162 valence electrons. The summed E-state index contributed by atoms with van der Waals surface area (Å²) in [5.41, 5.74) is 2.06. The van der Waals surface area contributed by atoms with Crippen molar-refractivity contribution < 1.29 is 18.7 Å². The summed E-state index contributed by atoms with van der Waals surface area (Å²) >= 11 is 0. The van der Waals surface area contributed by atoms with Crippen LogP contribution in [-0.4, -0.2) is 34.4 Å². The van der Waals surface area contributed by atoms with E-state index in [1.807, 2.05) is 19.9 Å². The third-order valence-corrected chi connectivity index (χ3v) is 5.36. The van der Waals surface area contributed by atoms with E-state index in [0.717, 1.165) is 36.3 Å². The molecule has 4 rings (SSSR count). The van der Waals surface area contributed by atoms with Crippen molar-refractivity contribution in [1.29, 1.82) is 0 Å². The van der Waals surface area contributed by atoms with Gasteiger partial charge in [0.25, 0.3) is 5.91 Å². The normalized spacial score (nSPS) is 17.1. The van der Waals surface area contributed by atoms with Crippen LogP contribution in [0.2, 0.25) is 0 Å². The number of benzene rings is 2.